The standard InChI is InChI=1S/C14H21BrO4S.Na/c1-10(2)18-9-3-4-13(14(16)19-20-17)11-5-7-12(15)8-6-11;/h5-8,10,13-14,16-17H,3-4,9H2,1-2H3;/q;+1/p-1. The maximum absolute atomic E-state index is 10.5. The molecule has 1 rings (SSSR count). The molecular formula is C14H20BrNaO4S. The Morgan fingerprint density at radius 1 is 1.29 bits per heavy atom. The fraction of sp³-hybridized carbons (Fsp3) is 0.571. The van der Waals surface area contributed by atoms with Crippen LogP contribution in [0.15, 0.2) is 28.7 Å². The van der Waals surface area contributed by atoms with Crippen LogP contribution < -0.4 is 29.6 Å². The topological polar surface area (TPSA) is 61.8 Å². The Morgan fingerprint density at radius 2 is 1.90 bits per heavy atom. The number of aliphatic hydroxyl groups is 1. The van der Waals surface area contributed by atoms with Crippen LogP contribution in [0.25, 0.3) is 0 Å². The van der Waals surface area contributed by atoms with Crippen LogP contribution in [0.4, 0.5) is 0 Å². The van der Waals surface area contributed by atoms with E-state index in [0.29, 0.717) is 13.0 Å². The summed E-state index contributed by atoms with van der Waals surface area (Å²) >= 11 is 3.31. The smallest absolute Gasteiger partial charge is 0.776 e. The quantitative estimate of drug-likeness (QED) is 0.295. The molecule has 0 fully saturated rings. The van der Waals surface area contributed by atoms with Crippen molar-refractivity contribution in [3.63, 3.8) is 0 Å². The number of halogens is 1. The van der Waals surface area contributed by atoms with E-state index in [9.17, 15) is 9.66 Å². The monoisotopic (exact) mass is 386 g/mol. The second-order valence-corrected chi connectivity index (χ2v) is 6.02. The van der Waals surface area contributed by atoms with Crippen molar-refractivity contribution in [2.24, 2.45) is 0 Å². The van der Waals surface area contributed by atoms with Crippen LogP contribution in [0, 0.1) is 0 Å². The summed E-state index contributed by atoms with van der Waals surface area (Å²) in [6, 6.07) is 7.65. The second kappa shape index (κ2) is 12.3. The molecule has 0 heterocycles. The van der Waals surface area contributed by atoms with Crippen LogP contribution in [-0.4, -0.2) is 28.7 Å². The first-order valence-electron chi connectivity index (χ1n) is 6.55. The Morgan fingerprint density at radius 3 is 2.43 bits per heavy atom. The molecule has 0 bridgehead atoms. The molecule has 7 heteroatoms. The minimum absolute atomic E-state index is 0. The van der Waals surface area contributed by atoms with Gasteiger partial charge in [0.05, 0.1) is 6.10 Å². The van der Waals surface area contributed by atoms with E-state index in [4.69, 9.17) is 8.92 Å². The van der Waals surface area contributed by atoms with Gasteiger partial charge in [-0.1, -0.05) is 40.4 Å². The molecule has 0 aromatic heterocycles. The van der Waals surface area contributed by atoms with Crippen molar-refractivity contribution in [2.45, 2.75) is 45.0 Å². The molecule has 0 radical (unpaired) electrons. The maximum atomic E-state index is 10.5. The molecule has 1 aromatic carbocycles. The van der Waals surface area contributed by atoms with Crippen LogP contribution in [0.1, 0.15) is 38.2 Å². The summed E-state index contributed by atoms with van der Waals surface area (Å²) in [7, 11) is 0. The number of ether oxygens (including phenoxy) is 1. The van der Waals surface area contributed by atoms with Crippen LogP contribution >= 0.6 is 28.3 Å². The molecule has 0 amide bonds. The molecule has 0 saturated heterocycles. The zero-order valence-corrected chi connectivity index (χ0v) is 17.0. The summed E-state index contributed by atoms with van der Waals surface area (Å²) < 4.78 is 21.6. The molecule has 21 heavy (non-hydrogen) atoms. The molecule has 0 aliphatic carbocycles. The molecule has 0 aliphatic heterocycles. The van der Waals surface area contributed by atoms with Crippen molar-refractivity contribution >= 4 is 28.3 Å². The van der Waals surface area contributed by atoms with Crippen molar-refractivity contribution in [3.05, 3.63) is 34.3 Å². The minimum atomic E-state index is -1.11. The fourth-order valence-corrected chi connectivity index (χ4v) is 2.39. The summed E-state index contributed by atoms with van der Waals surface area (Å²) in [5, 5.41) is 9.94. The molecule has 2 atom stereocenters. The van der Waals surface area contributed by atoms with E-state index in [0.717, 1.165) is 16.5 Å². The predicted molar refractivity (Wildman–Crippen MR) is 82.7 cm³/mol. The summed E-state index contributed by atoms with van der Waals surface area (Å²) in [5.41, 5.74) is 0.944. The first kappa shape index (κ1) is 21.9. The van der Waals surface area contributed by atoms with E-state index in [1.807, 2.05) is 38.1 Å². The molecule has 0 aliphatic rings. The summed E-state index contributed by atoms with van der Waals surface area (Å²) in [6.07, 6.45) is 0.566. The van der Waals surface area contributed by atoms with E-state index in [2.05, 4.69) is 15.9 Å². The molecule has 0 saturated carbocycles. The zero-order chi connectivity index (χ0) is 15.0. The normalized spacial score (nSPS) is 13.8. The number of rotatable bonds is 9. The molecule has 1 aromatic rings. The van der Waals surface area contributed by atoms with Gasteiger partial charge in [-0.15, -0.1) is 0 Å². The van der Waals surface area contributed by atoms with Gasteiger partial charge in [0, 0.05) is 17.0 Å². The van der Waals surface area contributed by atoms with Gasteiger partial charge in [0.15, 0.2) is 6.29 Å². The first-order valence-corrected chi connectivity index (χ1v) is 8.01. The summed E-state index contributed by atoms with van der Waals surface area (Å²) in [4.78, 5) is 0. The van der Waals surface area contributed by atoms with Gasteiger partial charge in [-0.05, 0) is 44.4 Å². The van der Waals surface area contributed by atoms with Gasteiger partial charge in [0.2, 0.25) is 0 Å². The SMILES string of the molecule is CC(C)OCCCC(c1ccc(Br)cc1)C(O)OS[O-].[Na+]. The van der Waals surface area contributed by atoms with Gasteiger partial charge in [-0.2, -0.15) is 0 Å². The second-order valence-electron chi connectivity index (χ2n) is 4.77. The van der Waals surface area contributed by atoms with Gasteiger partial charge in [0.1, 0.15) is 0 Å². The van der Waals surface area contributed by atoms with Crippen LogP contribution in [-0.2, 0) is 8.92 Å². The summed E-state index contributed by atoms with van der Waals surface area (Å²) in [5.74, 6) is -0.236. The van der Waals surface area contributed by atoms with E-state index >= 15 is 0 Å². The number of benzene rings is 1. The minimum Gasteiger partial charge on any atom is -0.776 e. The zero-order valence-electron chi connectivity index (χ0n) is 12.6. The molecule has 1 N–H and O–H groups in total. The van der Waals surface area contributed by atoms with Crippen molar-refractivity contribution in [1.29, 1.82) is 0 Å². The average Bonchev–Trinajstić information content (AvgIpc) is 2.40. The Kier molecular flexibility index (Phi) is 12.9. The maximum Gasteiger partial charge on any atom is 1.00 e. The van der Waals surface area contributed by atoms with Crippen LogP contribution in [0.3, 0.4) is 0 Å². The predicted octanol–water partition coefficient (Wildman–Crippen LogP) is 0.855. The van der Waals surface area contributed by atoms with Crippen molar-refractivity contribution in [1.82, 2.24) is 0 Å². The Hall–Kier alpha value is 0.890. The summed E-state index contributed by atoms with van der Waals surface area (Å²) in [6.45, 7) is 4.60. The third kappa shape index (κ3) is 8.93. The van der Waals surface area contributed by atoms with Crippen LogP contribution in [0.2, 0.25) is 0 Å². The number of hydrogen-bond donors (Lipinski definition) is 1. The van der Waals surface area contributed by atoms with Crippen molar-refractivity contribution < 1.29 is 48.1 Å². The van der Waals surface area contributed by atoms with Crippen molar-refractivity contribution in [3.8, 4) is 0 Å². The first-order chi connectivity index (χ1) is 9.54. The molecule has 4 nitrogen and oxygen atoms in total. The average molecular weight is 387 g/mol. The van der Waals surface area contributed by atoms with Gasteiger partial charge >= 0.3 is 29.6 Å². The van der Waals surface area contributed by atoms with Gasteiger partial charge in [-0.3, -0.25) is 4.18 Å². The van der Waals surface area contributed by atoms with E-state index in [1.165, 1.54) is 0 Å². The Labute approximate surface area is 161 Å². The Bertz CT molecular complexity index is 378. The van der Waals surface area contributed by atoms with Gasteiger partial charge < -0.3 is 14.4 Å². The third-order valence-corrected chi connectivity index (χ3v) is 3.70. The molecule has 114 valence electrons. The Balaban J connectivity index is 0.00000400. The van der Waals surface area contributed by atoms with Crippen LogP contribution in [0.5, 0.6) is 0 Å². The van der Waals surface area contributed by atoms with Gasteiger partial charge in [0.25, 0.3) is 0 Å². The third-order valence-electron chi connectivity index (χ3n) is 2.89. The molecule has 0 spiro atoms. The number of aliphatic hydroxyl groups excluding tert-OH is 1. The molecule has 2 unspecified atom stereocenters. The van der Waals surface area contributed by atoms with Gasteiger partial charge in [-0.25, -0.2) is 0 Å². The molecular weight excluding hydrogens is 367 g/mol. The largest absolute Gasteiger partial charge is 1.00 e. The fourth-order valence-electron chi connectivity index (χ4n) is 1.91. The van der Waals surface area contributed by atoms with E-state index < -0.39 is 6.29 Å². The number of hydrogen-bond acceptors (Lipinski definition) is 5. The van der Waals surface area contributed by atoms with Crippen molar-refractivity contribution in [2.75, 3.05) is 6.61 Å². The van der Waals surface area contributed by atoms with E-state index in [-0.39, 0.29) is 53.9 Å². The van der Waals surface area contributed by atoms with E-state index in [1.54, 1.807) is 0 Å².